The zero-order valence-corrected chi connectivity index (χ0v) is 10.4. The van der Waals surface area contributed by atoms with E-state index in [4.69, 9.17) is 9.47 Å². The van der Waals surface area contributed by atoms with Crippen LogP contribution in [0.4, 0.5) is 0 Å². The predicted molar refractivity (Wildman–Crippen MR) is 60.7 cm³/mol. The third kappa shape index (κ3) is 4.07. The zero-order chi connectivity index (χ0) is 11.3. The number of hydrogen-bond donors (Lipinski definition) is 0. The van der Waals surface area contributed by atoms with Gasteiger partial charge in [-0.1, -0.05) is 6.92 Å². The normalized spacial score (nSPS) is 23.0. The minimum Gasteiger partial charge on any atom is -0.379 e. The first-order valence-electron chi connectivity index (χ1n) is 5.78. The van der Waals surface area contributed by atoms with Gasteiger partial charge in [-0.25, -0.2) is 0 Å². The number of nitrogens with zero attached hydrogens (tertiary/aromatic N) is 2. The smallest absolute Gasteiger partial charge is 0.111 e. The average Bonchev–Trinajstić information content (AvgIpc) is 2.26. The second kappa shape index (κ2) is 6.43. The van der Waals surface area contributed by atoms with Gasteiger partial charge in [0.2, 0.25) is 0 Å². The molecule has 1 rings (SSSR count). The molecule has 4 nitrogen and oxygen atoms in total. The summed E-state index contributed by atoms with van der Waals surface area (Å²) in [6.45, 7) is 7.88. The average molecular weight is 216 g/mol. The van der Waals surface area contributed by atoms with Crippen LogP contribution < -0.4 is 0 Å². The summed E-state index contributed by atoms with van der Waals surface area (Å²) in [6.07, 6.45) is 1.41. The fourth-order valence-corrected chi connectivity index (χ4v) is 1.84. The van der Waals surface area contributed by atoms with Crippen LogP contribution in [0.1, 0.15) is 20.3 Å². The van der Waals surface area contributed by atoms with Gasteiger partial charge < -0.3 is 9.47 Å². The summed E-state index contributed by atoms with van der Waals surface area (Å²) in [5, 5.41) is 0. The Kier molecular flexibility index (Phi) is 5.53. The fraction of sp³-hybridized carbons (Fsp3) is 1.00. The Bertz CT molecular complexity index is 170. The Hall–Kier alpha value is -0.160. The molecule has 0 aromatic carbocycles. The van der Waals surface area contributed by atoms with Gasteiger partial charge in [0.1, 0.15) is 12.5 Å². The van der Waals surface area contributed by atoms with E-state index in [1.807, 2.05) is 0 Å². The summed E-state index contributed by atoms with van der Waals surface area (Å²) in [7, 11) is 4.11. The molecule has 1 aliphatic rings. The molecule has 1 saturated heterocycles. The predicted octanol–water partition coefficient (Wildman–Crippen LogP) is 0.979. The van der Waals surface area contributed by atoms with E-state index >= 15 is 0 Å². The minimum atomic E-state index is 0.182. The highest BCUT2D eigenvalue weighted by Crippen LogP contribution is 2.10. The molecule has 1 fully saturated rings. The van der Waals surface area contributed by atoms with Gasteiger partial charge in [0.15, 0.2) is 0 Å². The van der Waals surface area contributed by atoms with Crippen LogP contribution in [-0.2, 0) is 9.47 Å². The molecular weight excluding hydrogens is 192 g/mol. The van der Waals surface area contributed by atoms with Gasteiger partial charge in [0.05, 0.1) is 13.2 Å². The minimum absolute atomic E-state index is 0.182. The first-order chi connectivity index (χ1) is 7.15. The third-order valence-electron chi connectivity index (χ3n) is 2.84. The van der Waals surface area contributed by atoms with E-state index in [1.54, 1.807) is 0 Å². The van der Waals surface area contributed by atoms with E-state index in [1.165, 1.54) is 0 Å². The molecule has 0 bridgehead atoms. The largest absolute Gasteiger partial charge is 0.379 e. The number of ether oxygens (including phenoxy) is 2. The van der Waals surface area contributed by atoms with E-state index in [0.29, 0.717) is 0 Å². The lowest BCUT2D eigenvalue weighted by Crippen LogP contribution is -2.46. The molecule has 0 spiro atoms. The van der Waals surface area contributed by atoms with Crippen molar-refractivity contribution in [2.75, 3.05) is 40.4 Å². The molecule has 15 heavy (non-hydrogen) atoms. The Morgan fingerprint density at radius 3 is 2.40 bits per heavy atom. The van der Waals surface area contributed by atoms with E-state index in [-0.39, 0.29) is 12.5 Å². The molecule has 4 heteroatoms. The Morgan fingerprint density at radius 2 is 1.93 bits per heavy atom. The molecule has 2 atom stereocenters. The van der Waals surface area contributed by atoms with Crippen molar-refractivity contribution in [2.24, 2.45) is 0 Å². The maximum absolute atomic E-state index is 6.00. The van der Waals surface area contributed by atoms with Crippen molar-refractivity contribution in [3.63, 3.8) is 0 Å². The summed E-state index contributed by atoms with van der Waals surface area (Å²) in [6, 6.07) is 0. The standard InChI is InChI=1S/C11H24N2O2/c1-5-11(12(3)4)15-10(2)13-6-8-14-9-7-13/h10-11H,5-9H2,1-4H3. The lowest BCUT2D eigenvalue weighted by molar-refractivity contribution is -0.152. The fourth-order valence-electron chi connectivity index (χ4n) is 1.84. The van der Waals surface area contributed by atoms with Crippen molar-refractivity contribution >= 4 is 0 Å². The molecule has 90 valence electrons. The lowest BCUT2D eigenvalue weighted by atomic mass is 10.3. The molecule has 0 aromatic rings. The van der Waals surface area contributed by atoms with E-state index in [9.17, 15) is 0 Å². The van der Waals surface area contributed by atoms with Crippen LogP contribution in [0.3, 0.4) is 0 Å². The van der Waals surface area contributed by atoms with E-state index in [0.717, 1.165) is 32.7 Å². The van der Waals surface area contributed by atoms with Crippen molar-refractivity contribution in [1.29, 1.82) is 0 Å². The van der Waals surface area contributed by atoms with Crippen molar-refractivity contribution in [1.82, 2.24) is 9.80 Å². The number of hydrogen-bond acceptors (Lipinski definition) is 4. The second-order valence-electron chi connectivity index (χ2n) is 4.21. The van der Waals surface area contributed by atoms with Crippen molar-refractivity contribution in [3.05, 3.63) is 0 Å². The zero-order valence-electron chi connectivity index (χ0n) is 10.4. The monoisotopic (exact) mass is 216 g/mol. The van der Waals surface area contributed by atoms with Crippen LogP contribution >= 0.6 is 0 Å². The maximum Gasteiger partial charge on any atom is 0.111 e. The summed E-state index contributed by atoms with van der Waals surface area (Å²) in [4.78, 5) is 4.45. The SMILES string of the molecule is CCC(OC(C)N1CCOCC1)N(C)C. The van der Waals surface area contributed by atoms with E-state index in [2.05, 4.69) is 37.7 Å². The molecule has 0 aliphatic carbocycles. The number of morpholine rings is 1. The quantitative estimate of drug-likeness (QED) is 0.640. The molecule has 0 amide bonds. The first kappa shape index (κ1) is 12.9. The van der Waals surface area contributed by atoms with Gasteiger partial charge in [-0.2, -0.15) is 0 Å². The third-order valence-corrected chi connectivity index (χ3v) is 2.84. The Balaban J connectivity index is 2.34. The van der Waals surface area contributed by atoms with Gasteiger partial charge in [-0.3, -0.25) is 9.80 Å². The topological polar surface area (TPSA) is 24.9 Å². The molecule has 0 N–H and O–H groups in total. The van der Waals surface area contributed by atoms with Crippen LogP contribution in [0.5, 0.6) is 0 Å². The van der Waals surface area contributed by atoms with Crippen molar-refractivity contribution < 1.29 is 9.47 Å². The van der Waals surface area contributed by atoms with Crippen LogP contribution in [0.25, 0.3) is 0 Å². The molecule has 0 saturated carbocycles. The molecule has 2 unspecified atom stereocenters. The highest BCUT2D eigenvalue weighted by atomic mass is 16.5. The lowest BCUT2D eigenvalue weighted by Gasteiger charge is -2.35. The molecule has 0 aromatic heterocycles. The van der Waals surface area contributed by atoms with Crippen molar-refractivity contribution in [3.8, 4) is 0 Å². The summed E-state index contributed by atoms with van der Waals surface area (Å²) in [5.74, 6) is 0. The molecule has 0 radical (unpaired) electrons. The Labute approximate surface area is 93.1 Å². The summed E-state index contributed by atoms with van der Waals surface area (Å²) in [5.41, 5.74) is 0. The van der Waals surface area contributed by atoms with Crippen LogP contribution in [0.15, 0.2) is 0 Å². The summed E-state index contributed by atoms with van der Waals surface area (Å²) >= 11 is 0. The van der Waals surface area contributed by atoms with Gasteiger partial charge in [-0.05, 0) is 27.4 Å². The van der Waals surface area contributed by atoms with Gasteiger partial charge in [-0.15, -0.1) is 0 Å². The number of rotatable bonds is 5. The summed E-state index contributed by atoms with van der Waals surface area (Å²) < 4.78 is 11.3. The van der Waals surface area contributed by atoms with Gasteiger partial charge in [0, 0.05) is 13.1 Å². The molecular formula is C11H24N2O2. The van der Waals surface area contributed by atoms with Crippen LogP contribution in [0.2, 0.25) is 0 Å². The van der Waals surface area contributed by atoms with E-state index < -0.39 is 0 Å². The Morgan fingerprint density at radius 1 is 1.33 bits per heavy atom. The maximum atomic E-state index is 6.00. The van der Waals surface area contributed by atoms with Crippen LogP contribution in [0, 0.1) is 0 Å². The van der Waals surface area contributed by atoms with Gasteiger partial charge in [0.25, 0.3) is 0 Å². The molecule has 1 heterocycles. The second-order valence-corrected chi connectivity index (χ2v) is 4.21. The van der Waals surface area contributed by atoms with Crippen LogP contribution in [-0.4, -0.2) is 62.7 Å². The van der Waals surface area contributed by atoms with Gasteiger partial charge >= 0.3 is 0 Å². The molecule has 1 aliphatic heterocycles. The van der Waals surface area contributed by atoms with Crippen molar-refractivity contribution in [2.45, 2.75) is 32.7 Å². The highest BCUT2D eigenvalue weighted by molar-refractivity contribution is 4.65. The first-order valence-corrected chi connectivity index (χ1v) is 5.78. The highest BCUT2D eigenvalue weighted by Gasteiger charge is 2.21.